The fraction of sp³-hybridized carbons (Fsp3) is 0.167. The molecule has 0 aliphatic heterocycles. The quantitative estimate of drug-likeness (QED) is 0.868. The summed E-state index contributed by atoms with van der Waals surface area (Å²) in [5.41, 5.74) is 2.38. The summed E-state index contributed by atoms with van der Waals surface area (Å²) in [6, 6.07) is 2.87. The monoisotopic (exact) mass is 248 g/mol. The van der Waals surface area contributed by atoms with Crippen molar-refractivity contribution in [2.75, 3.05) is 0 Å². The minimum atomic E-state index is -0.274. The third kappa shape index (κ3) is 2.82. The minimum Gasteiger partial charge on any atom is -0.348 e. The molecule has 5 heteroatoms. The Morgan fingerprint density at radius 2 is 2.29 bits per heavy atom. The molecular formula is C12H12N2O2S. The number of hydrogen-bond acceptors (Lipinski definition) is 3. The highest BCUT2D eigenvalue weighted by molar-refractivity contribution is 7.08. The highest BCUT2D eigenvalue weighted by Gasteiger charge is 2.06. The third-order valence-corrected chi connectivity index (χ3v) is 3.35. The first kappa shape index (κ1) is 11.6. The first-order valence-electron chi connectivity index (χ1n) is 5.15. The van der Waals surface area contributed by atoms with Gasteiger partial charge in [0.25, 0.3) is 5.91 Å². The van der Waals surface area contributed by atoms with Gasteiger partial charge in [-0.1, -0.05) is 0 Å². The smallest absolute Gasteiger partial charge is 0.251 e. The molecule has 0 spiro atoms. The molecule has 2 rings (SSSR count). The number of amides is 1. The number of pyridine rings is 1. The van der Waals surface area contributed by atoms with Crippen LogP contribution in [0.3, 0.4) is 0 Å². The van der Waals surface area contributed by atoms with Crippen molar-refractivity contribution < 1.29 is 4.79 Å². The maximum atomic E-state index is 11.7. The molecule has 0 bridgehead atoms. The second-order valence-corrected chi connectivity index (χ2v) is 4.45. The molecule has 0 unspecified atom stereocenters. The molecule has 2 N–H and O–H groups in total. The number of aromatic amines is 1. The van der Waals surface area contributed by atoms with E-state index in [1.165, 1.54) is 17.8 Å². The number of aryl methyl sites for hydroxylation is 1. The first-order chi connectivity index (χ1) is 8.16. The molecule has 2 heterocycles. The average Bonchev–Trinajstić information content (AvgIpc) is 2.72. The SMILES string of the molecule is Cc1cscc1CNC(=O)c1cc[nH]c(=O)c1. The minimum absolute atomic E-state index is 0.235. The molecule has 2 aromatic heterocycles. The number of nitrogens with one attached hydrogen (secondary N) is 2. The number of H-pyrrole nitrogens is 1. The summed E-state index contributed by atoms with van der Waals surface area (Å²) in [4.78, 5) is 25.3. The van der Waals surface area contributed by atoms with Crippen molar-refractivity contribution in [2.45, 2.75) is 13.5 Å². The molecule has 88 valence electrons. The number of rotatable bonds is 3. The Balaban J connectivity index is 2.03. The van der Waals surface area contributed by atoms with Gasteiger partial charge in [-0.05, 0) is 34.9 Å². The summed E-state index contributed by atoms with van der Waals surface area (Å²) in [6.45, 7) is 2.49. The van der Waals surface area contributed by atoms with Crippen LogP contribution in [0, 0.1) is 6.92 Å². The predicted octanol–water partition coefficient (Wildman–Crippen LogP) is 1.67. The fourth-order valence-electron chi connectivity index (χ4n) is 1.43. The van der Waals surface area contributed by atoms with Crippen molar-refractivity contribution in [1.82, 2.24) is 10.3 Å². The van der Waals surface area contributed by atoms with Gasteiger partial charge in [0.2, 0.25) is 5.56 Å². The molecule has 0 atom stereocenters. The second-order valence-electron chi connectivity index (χ2n) is 3.70. The van der Waals surface area contributed by atoms with Crippen LogP contribution in [0.2, 0.25) is 0 Å². The summed E-state index contributed by atoms with van der Waals surface area (Å²) >= 11 is 1.61. The Bertz CT molecular complexity index is 586. The highest BCUT2D eigenvalue weighted by Crippen LogP contribution is 2.13. The Hall–Kier alpha value is -1.88. The van der Waals surface area contributed by atoms with E-state index in [4.69, 9.17) is 0 Å². The van der Waals surface area contributed by atoms with Crippen molar-refractivity contribution in [2.24, 2.45) is 0 Å². The number of aromatic nitrogens is 1. The molecule has 0 saturated carbocycles. The van der Waals surface area contributed by atoms with Crippen LogP contribution in [0.25, 0.3) is 0 Å². The maximum Gasteiger partial charge on any atom is 0.251 e. The van der Waals surface area contributed by atoms with Crippen molar-refractivity contribution in [3.63, 3.8) is 0 Å². The fourth-order valence-corrected chi connectivity index (χ4v) is 2.29. The van der Waals surface area contributed by atoms with E-state index in [9.17, 15) is 9.59 Å². The molecule has 0 aromatic carbocycles. The number of carbonyl (C=O) groups is 1. The summed E-state index contributed by atoms with van der Waals surface area (Å²) in [5.74, 6) is -0.235. The average molecular weight is 248 g/mol. The number of carbonyl (C=O) groups excluding carboxylic acids is 1. The van der Waals surface area contributed by atoms with Crippen molar-refractivity contribution in [3.05, 3.63) is 56.1 Å². The molecule has 4 nitrogen and oxygen atoms in total. The molecule has 0 saturated heterocycles. The lowest BCUT2D eigenvalue weighted by Gasteiger charge is -2.04. The predicted molar refractivity (Wildman–Crippen MR) is 67.3 cm³/mol. The molecule has 0 aliphatic carbocycles. The number of thiophene rings is 1. The van der Waals surface area contributed by atoms with Gasteiger partial charge in [-0.25, -0.2) is 0 Å². The molecule has 1 amide bonds. The Labute approximate surface area is 102 Å². The lowest BCUT2D eigenvalue weighted by atomic mass is 10.2. The van der Waals surface area contributed by atoms with E-state index in [0.717, 1.165) is 5.56 Å². The Morgan fingerprint density at radius 3 is 2.94 bits per heavy atom. The summed E-state index contributed by atoms with van der Waals surface area (Å²) < 4.78 is 0. The molecule has 2 aromatic rings. The molecular weight excluding hydrogens is 236 g/mol. The normalized spacial score (nSPS) is 10.2. The summed E-state index contributed by atoms with van der Waals surface area (Å²) in [7, 11) is 0. The van der Waals surface area contributed by atoms with Crippen LogP contribution in [0.5, 0.6) is 0 Å². The highest BCUT2D eigenvalue weighted by atomic mass is 32.1. The lowest BCUT2D eigenvalue weighted by molar-refractivity contribution is 0.0950. The van der Waals surface area contributed by atoms with E-state index in [1.54, 1.807) is 17.4 Å². The van der Waals surface area contributed by atoms with Crippen molar-refractivity contribution in [1.29, 1.82) is 0 Å². The Kier molecular flexibility index (Phi) is 3.39. The third-order valence-electron chi connectivity index (χ3n) is 2.44. The molecule has 0 aliphatic rings. The summed E-state index contributed by atoms with van der Waals surface area (Å²) in [6.07, 6.45) is 1.47. The van der Waals surface area contributed by atoms with Crippen molar-refractivity contribution in [3.8, 4) is 0 Å². The van der Waals surface area contributed by atoms with Gasteiger partial charge in [-0.3, -0.25) is 9.59 Å². The zero-order chi connectivity index (χ0) is 12.3. The van der Waals surface area contributed by atoms with Crippen LogP contribution in [-0.2, 0) is 6.54 Å². The van der Waals surface area contributed by atoms with Gasteiger partial charge in [0.1, 0.15) is 0 Å². The van der Waals surface area contributed by atoms with Crippen LogP contribution >= 0.6 is 11.3 Å². The van der Waals surface area contributed by atoms with Gasteiger partial charge < -0.3 is 10.3 Å². The van der Waals surface area contributed by atoms with E-state index in [2.05, 4.69) is 10.3 Å². The van der Waals surface area contributed by atoms with E-state index < -0.39 is 0 Å². The first-order valence-corrected chi connectivity index (χ1v) is 6.09. The van der Waals surface area contributed by atoms with Crippen LogP contribution < -0.4 is 10.9 Å². The standard InChI is InChI=1S/C12H12N2O2S/c1-8-6-17-7-10(8)5-14-12(16)9-2-3-13-11(15)4-9/h2-4,6-7H,5H2,1H3,(H,13,15)(H,14,16). The summed E-state index contributed by atoms with van der Waals surface area (Å²) in [5, 5.41) is 6.83. The second kappa shape index (κ2) is 4.97. The lowest BCUT2D eigenvalue weighted by Crippen LogP contribution is -2.24. The molecule has 0 fully saturated rings. The van der Waals surface area contributed by atoms with Gasteiger partial charge in [-0.2, -0.15) is 11.3 Å². The van der Waals surface area contributed by atoms with Gasteiger partial charge >= 0.3 is 0 Å². The van der Waals surface area contributed by atoms with Crippen LogP contribution in [0.4, 0.5) is 0 Å². The topological polar surface area (TPSA) is 62.0 Å². The molecule has 0 radical (unpaired) electrons. The Morgan fingerprint density at radius 1 is 1.47 bits per heavy atom. The van der Waals surface area contributed by atoms with Gasteiger partial charge in [-0.15, -0.1) is 0 Å². The largest absolute Gasteiger partial charge is 0.348 e. The number of hydrogen-bond donors (Lipinski definition) is 2. The van der Waals surface area contributed by atoms with Crippen LogP contribution in [-0.4, -0.2) is 10.9 Å². The van der Waals surface area contributed by atoms with E-state index in [-0.39, 0.29) is 11.5 Å². The van der Waals surface area contributed by atoms with Gasteiger partial charge in [0.15, 0.2) is 0 Å². The van der Waals surface area contributed by atoms with E-state index in [0.29, 0.717) is 12.1 Å². The zero-order valence-electron chi connectivity index (χ0n) is 9.32. The maximum absolute atomic E-state index is 11.7. The van der Waals surface area contributed by atoms with Gasteiger partial charge in [0, 0.05) is 24.4 Å². The van der Waals surface area contributed by atoms with Crippen molar-refractivity contribution >= 4 is 17.2 Å². The zero-order valence-corrected chi connectivity index (χ0v) is 10.1. The van der Waals surface area contributed by atoms with Crippen LogP contribution in [0.1, 0.15) is 21.5 Å². The van der Waals surface area contributed by atoms with E-state index >= 15 is 0 Å². The molecule has 17 heavy (non-hydrogen) atoms. The van der Waals surface area contributed by atoms with E-state index in [1.807, 2.05) is 17.7 Å². The van der Waals surface area contributed by atoms with Gasteiger partial charge in [0.05, 0.1) is 0 Å². The van der Waals surface area contributed by atoms with Crippen LogP contribution in [0.15, 0.2) is 33.9 Å².